The van der Waals surface area contributed by atoms with Gasteiger partial charge in [-0.15, -0.1) is 0 Å². The van der Waals surface area contributed by atoms with Crippen molar-refractivity contribution in [2.24, 2.45) is 0 Å². The smallest absolute Gasteiger partial charge is 0.261 e. The Balaban J connectivity index is 1.57. The molecule has 1 aliphatic heterocycles. The molecule has 0 fully saturated rings. The van der Waals surface area contributed by atoms with Gasteiger partial charge in [0.1, 0.15) is 13.2 Å². The van der Waals surface area contributed by atoms with Crippen LogP contribution in [0.25, 0.3) is 0 Å². The van der Waals surface area contributed by atoms with Crippen LogP contribution in [0, 0.1) is 0 Å². The van der Waals surface area contributed by atoms with Crippen LogP contribution in [0.2, 0.25) is 5.02 Å². The summed E-state index contributed by atoms with van der Waals surface area (Å²) < 4.78 is 38.8. The SMILES string of the molecule is O=C(Nc1ccc2c(c1)OCCO2)c1ccccc1NS(=O)(=O)c1ccc(Cl)cc1. The second kappa shape index (κ2) is 8.25. The Morgan fingerprint density at radius 1 is 0.900 bits per heavy atom. The zero-order valence-electron chi connectivity index (χ0n) is 15.6. The number of rotatable bonds is 5. The van der Waals surface area contributed by atoms with Crippen LogP contribution in [-0.2, 0) is 10.0 Å². The van der Waals surface area contributed by atoms with E-state index in [9.17, 15) is 13.2 Å². The van der Waals surface area contributed by atoms with Gasteiger partial charge < -0.3 is 14.8 Å². The quantitative estimate of drug-likeness (QED) is 0.616. The fourth-order valence-corrected chi connectivity index (χ4v) is 4.11. The standard InChI is InChI=1S/C21H17ClN2O5S/c22-14-5-8-16(9-6-14)30(26,27)24-18-4-2-1-3-17(18)21(25)23-15-7-10-19-20(13-15)29-12-11-28-19/h1-10,13,24H,11-12H2,(H,23,25). The molecule has 154 valence electrons. The molecule has 1 heterocycles. The van der Waals surface area contributed by atoms with Crippen molar-refractivity contribution in [1.29, 1.82) is 0 Å². The van der Waals surface area contributed by atoms with Crippen molar-refractivity contribution in [1.82, 2.24) is 0 Å². The van der Waals surface area contributed by atoms with Gasteiger partial charge in [-0.2, -0.15) is 0 Å². The zero-order chi connectivity index (χ0) is 21.1. The molecule has 0 aromatic heterocycles. The van der Waals surface area contributed by atoms with E-state index in [4.69, 9.17) is 21.1 Å². The molecule has 4 rings (SSSR count). The molecular formula is C21H17ClN2O5S. The van der Waals surface area contributed by atoms with Crippen LogP contribution < -0.4 is 19.5 Å². The molecule has 0 atom stereocenters. The van der Waals surface area contributed by atoms with Gasteiger partial charge in [0.25, 0.3) is 15.9 Å². The maximum Gasteiger partial charge on any atom is 0.261 e. The second-order valence-electron chi connectivity index (χ2n) is 6.42. The number of fused-ring (bicyclic) bond motifs is 1. The molecule has 30 heavy (non-hydrogen) atoms. The third kappa shape index (κ3) is 4.34. The molecular weight excluding hydrogens is 428 g/mol. The number of hydrogen-bond acceptors (Lipinski definition) is 5. The molecule has 0 saturated carbocycles. The average molecular weight is 445 g/mol. The summed E-state index contributed by atoms with van der Waals surface area (Å²) in [5, 5.41) is 3.18. The normalized spacial score (nSPS) is 12.8. The van der Waals surface area contributed by atoms with Crippen LogP contribution >= 0.6 is 11.6 Å². The van der Waals surface area contributed by atoms with Crippen LogP contribution in [0.1, 0.15) is 10.4 Å². The number of nitrogens with one attached hydrogen (secondary N) is 2. The van der Waals surface area contributed by atoms with Crippen molar-refractivity contribution in [2.75, 3.05) is 23.3 Å². The molecule has 1 aliphatic rings. The van der Waals surface area contributed by atoms with Gasteiger partial charge in [0.05, 0.1) is 16.1 Å². The molecule has 0 unspecified atom stereocenters. The van der Waals surface area contributed by atoms with E-state index < -0.39 is 15.9 Å². The lowest BCUT2D eigenvalue weighted by Gasteiger charge is -2.19. The van der Waals surface area contributed by atoms with E-state index in [0.717, 1.165) is 0 Å². The lowest BCUT2D eigenvalue weighted by Crippen LogP contribution is -2.19. The van der Waals surface area contributed by atoms with Crippen LogP contribution in [0.5, 0.6) is 11.5 Å². The Bertz CT molecular complexity index is 1200. The minimum Gasteiger partial charge on any atom is -0.486 e. The van der Waals surface area contributed by atoms with E-state index >= 15 is 0 Å². The summed E-state index contributed by atoms with van der Waals surface area (Å²) in [6, 6.07) is 17.1. The topological polar surface area (TPSA) is 93.7 Å². The third-order valence-corrected chi connectivity index (χ3v) is 5.97. The Hall–Kier alpha value is -3.23. The Morgan fingerprint density at radius 2 is 1.60 bits per heavy atom. The van der Waals surface area contributed by atoms with E-state index in [1.165, 1.54) is 36.4 Å². The number of ether oxygens (including phenoxy) is 2. The lowest BCUT2D eigenvalue weighted by molar-refractivity contribution is 0.102. The minimum atomic E-state index is -3.90. The van der Waals surface area contributed by atoms with Gasteiger partial charge in [-0.05, 0) is 48.5 Å². The second-order valence-corrected chi connectivity index (χ2v) is 8.54. The molecule has 3 aromatic rings. The number of amides is 1. The summed E-state index contributed by atoms with van der Waals surface area (Å²) in [6.45, 7) is 0.902. The average Bonchev–Trinajstić information content (AvgIpc) is 2.74. The molecule has 7 nitrogen and oxygen atoms in total. The number of benzene rings is 3. The number of halogens is 1. The maximum atomic E-state index is 12.8. The van der Waals surface area contributed by atoms with Crippen molar-refractivity contribution in [2.45, 2.75) is 4.90 Å². The molecule has 2 N–H and O–H groups in total. The molecule has 0 saturated heterocycles. The number of carbonyl (C=O) groups is 1. The number of carbonyl (C=O) groups excluding carboxylic acids is 1. The molecule has 9 heteroatoms. The van der Waals surface area contributed by atoms with Crippen molar-refractivity contribution >= 4 is 38.9 Å². The van der Waals surface area contributed by atoms with Gasteiger partial charge in [-0.25, -0.2) is 8.42 Å². The van der Waals surface area contributed by atoms with Crippen molar-refractivity contribution in [3.8, 4) is 11.5 Å². The monoisotopic (exact) mass is 444 g/mol. The molecule has 0 radical (unpaired) electrons. The highest BCUT2D eigenvalue weighted by Crippen LogP contribution is 2.33. The van der Waals surface area contributed by atoms with Gasteiger partial charge in [0, 0.05) is 16.8 Å². The number of sulfonamides is 1. The van der Waals surface area contributed by atoms with Crippen LogP contribution in [0.3, 0.4) is 0 Å². The van der Waals surface area contributed by atoms with E-state index in [1.54, 1.807) is 30.3 Å². The maximum absolute atomic E-state index is 12.8. The fourth-order valence-electron chi connectivity index (χ4n) is 2.91. The summed E-state index contributed by atoms with van der Waals surface area (Å²) >= 11 is 5.83. The first-order valence-electron chi connectivity index (χ1n) is 9.01. The first-order chi connectivity index (χ1) is 14.4. The number of hydrogen-bond donors (Lipinski definition) is 2. The highest BCUT2D eigenvalue weighted by atomic mass is 35.5. The Labute approximate surface area is 178 Å². The number of anilines is 2. The van der Waals surface area contributed by atoms with Gasteiger partial charge in [0.15, 0.2) is 11.5 Å². The lowest BCUT2D eigenvalue weighted by atomic mass is 10.1. The van der Waals surface area contributed by atoms with Crippen LogP contribution in [0.4, 0.5) is 11.4 Å². The fraction of sp³-hybridized carbons (Fsp3) is 0.0952. The van der Waals surface area contributed by atoms with Gasteiger partial charge >= 0.3 is 0 Å². The third-order valence-electron chi connectivity index (χ3n) is 4.34. The highest BCUT2D eigenvalue weighted by Gasteiger charge is 2.19. The Morgan fingerprint density at radius 3 is 2.37 bits per heavy atom. The predicted octanol–water partition coefficient (Wildman–Crippen LogP) is 4.16. The van der Waals surface area contributed by atoms with Crippen molar-refractivity contribution in [3.05, 3.63) is 77.3 Å². The zero-order valence-corrected chi connectivity index (χ0v) is 17.2. The van der Waals surface area contributed by atoms with Gasteiger partial charge in [-0.3, -0.25) is 9.52 Å². The highest BCUT2D eigenvalue weighted by molar-refractivity contribution is 7.92. The Kier molecular flexibility index (Phi) is 5.52. The molecule has 3 aromatic carbocycles. The summed E-state index contributed by atoms with van der Waals surface area (Å²) in [5.74, 6) is 0.673. The minimum absolute atomic E-state index is 0.0361. The van der Waals surface area contributed by atoms with Crippen LogP contribution in [-0.4, -0.2) is 27.5 Å². The van der Waals surface area contributed by atoms with Gasteiger partial charge in [-0.1, -0.05) is 23.7 Å². The van der Waals surface area contributed by atoms with E-state index in [2.05, 4.69) is 10.0 Å². The molecule has 0 spiro atoms. The molecule has 1 amide bonds. The molecule has 0 bridgehead atoms. The summed E-state index contributed by atoms with van der Waals surface area (Å²) in [6.07, 6.45) is 0. The van der Waals surface area contributed by atoms with Crippen LogP contribution in [0.15, 0.2) is 71.6 Å². The first kappa shape index (κ1) is 20.1. The van der Waals surface area contributed by atoms with Crippen molar-refractivity contribution in [3.63, 3.8) is 0 Å². The number of para-hydroxylation sites is 1. The summed E-state index contributed by atoms with van der Waals surface area (Å²) in [4.78, 5) is 12.9. The largest absolute Gasteiger partial charge is 0.486 e. The molecule has 0 aliphatic carbocycles. The predicted molar refractivity (Wildman–Crippen MR) is 114 cm³/mol. The first-order valence-corrected chi connectivity index (χ1v) is 10.9. The van der Waals surface area contributed by atoms with Gasteiger partial charge in [0.2, 0.25) is 0 Å². The summed E-state index contributed by atoms with van der Waals surface area (Å²) in [7, 11) is -3.90. The van der Waals surface area contributed by atoms with E-state index in [1.807, 2.05) is 0 Å². The van der Waals surface area contributed by atoms with E-state index in [0.29, 0.717) is 35.4 Å². The van der Waals surface area contributed by atoms with Crippen molar-refractivity contribution < 1.29 is 22.7 Å². The summed E-state index contributed by atoms with van der Waals surface area (Å²) in [5.41, 5.74) is 0.826. The van der Waals surface area contributed by atoms with E-state index in [-0.39, 0.29) is 16.1 Å².